The Hall–Kier alpha value is -4.02. The second-order valence-electron chi connectivity index (χ2n) is 7.76. The largest absolute Gasteiger partial charge is 0.432 e. The number of anilines is 2. The second kappa shape index (κ2) is 7.51. The number of pyridine rings is 1. The molecule has 0 spiro atoms. The molecule has 3 heterocycles. The third-order valence-electron chi connectivity index (χ3n) is 5.35. The number of aromatic nitrogens is 4. The molecule has 5 aromatic rings. The minimum absolute atomic E-state index is 0.0790. The fraction of sp³-hybridized carbons (Fsp3) is 0.130. The number of H-pyrrole nitrogens is 1. The van der Waals surface area contributed by atoms with Crippen molar-refractivity contribution in [1.29, 1.82) is 0 Å². The van der Waals surface area contributed by atoms with Gasteiger partial charge in [-0.3, -0.25) is 9.67 Å². The Morgan fingerprint density at radius 3 is 2.18 bits per heavy atom. The van der Waals surface area contributed by atoms with Gasteiger partial charge in [-0.15, -0.1) is 0 Å². The first-order valence-corrected chi connectivity index (χ1v) is 10.00. The molecule has 2 N–H and O–H groups in total. The van der Waals surface area contributed by atoms with Crippen LogP contribution in [0.3, 0.4) is 0 Å². The standard InChI is InChI=1S/C23H15F6N5/c1-12-5-7-16-14(9-12)15-10-13(22(24,25)26)6-8-17(15)34(16)21-4-2-3-19(31-21)30-20-11-18(32-33-20)23(27,28)29/h2-11H,1H3,(H2,30,31,32,33). The summed E-state index contributed by atoms with van der Waals surface area (Å²) in [5, 5.41) is 9.28. The molecule has 0 aliphatic carbocycles. The first kappa shape index (κ1) is 21.8. The number of halogens is 6. The van der Waals surface area contributed by atoms with Crippen molar-refractivity contribution in [2.24, 2.45) is 0 Å². The molecular formula is C23H15F6N5. The number of alkyl halides is 6. The maximum atomic E-state index is 13.4. The maximum absolute atomic E-state index is 13.4. The normalized spacial score (nSPS) is 12.6. The zero-order valence-electron chi connectivity index (χ0n) is 17.4. The van der Waals surface area contributed by atoms with Gasteiger partial charge < -0.3 is 5.32 Å². The summed E-state index contributed by atoms with van der Waals surface area (Å²) in [5.74, 6) is 0.511. The van der Waals surface area contributed by atoms with Crippen LogP contribution in [0.2, 0.25) is 0 Å². The topological polar surface area (TPSA) is 58.5 Å². The molecule has 2 aromatic carbocycles. The van der Waals surface area contributed by atoms with Crippen LogP contribution in [0.15, 0.2) is 60.7 Å². The van der Waals surface area contributed by atoms with Crippen molar-refractivity contribution in [3.8, 4) is 5.82 Å². The molecule has 0 atom stereocenters. The predicted molar refractivity (Wildman–Crippen MR) is 115 cm³/mol. The average molecular weight is 475 g/mol. The van der Waals surface area contributed by atoms with Gasteiger partial charge in [-0.2, -0.15) is 31.4 Å². The van der Waals surface area contributed by atoms with Gasteiger partial charge in [-0.1, -0.05) is 17.7 Å². The lowest BCUT2D eigenvalue weighted by Gasteiger charge is -2.10. The Morgan fingerprint density at radius 2 is 1.50 bits per heavy atom. The van der Waals surface area contributed by atoms with Crippen LogP contribution in [-0.4, -0.2) is 19.7 Å². The number of hydrogen-bond acceptors (Lipinski definition) is 3. The summed E-state index contributed by atoms with van der Waals surface area (Å²) in [6.07, 6.45) is -9.06. The van der Waals surface area contributed by atoms with Gasteiger partial charge in [0.15, 0.2) is 5.82 Å². The van der Waals surface area contributed by atoms with Gasteiger partial charge in [0, 0.05) is 16.8 Å². The number of rotatable bonds is 3. The van der Waals surface area contributed by atoms with Crippen molar-refractivity contribution >= 4 is 33.4 Å². The fourth-order valence-corrected chi connectivity index (χ4v) is 3.84. The van der Waals surface area contributed by atoms with Crippen LogP contribution in [0.4, 0.5) is 38.0 Å². The molecule has 11 heteroatoms. The van der Waals surface area contributed by atoms with Gasteiger partial charge >= 0.3 is 12.4 Å². The van der Waals surface area contributed by atoms with Crippen LogP contribution in [0, 0.1) is 6.92 Å². The molecule has 0 radical (unpaired) electrons. The van der Waals surface area contributed by atoms with E-state index >= 15 is 0 Å². The second-order valence-corrected chi connectivity index (χ2v) is 7.76. The highest BCUT2D eigenvalue weighted by atomic mass is 19.4. The molecule has 5 rings (SSSR count). The summed E-state index contributed by atoms with van der Waals surface area (Å²) in [5.41, 5.74) is 0.264. The van der Waals surface area contributed by atoms with Gasteiger partial charge in [0.2, 0.25) is 0 Å². The molecule has 34 heavy (non-hydrogen) atoms. The van der Waals surface area contributed by atoms with Crippen LogP contribution in [-0.2, 0) is 12.4 Å². The van der Waals surface area contributed by atoms with Gasteiger partial charge in [0.1, 0.15) is 17.3 Å². The smallest absolute Gasteiger partial charge is 0.323 e. The van der Waals surface area contributed by atoms with Crippen molar-refractivity contribution in [3.63, 3.8) is 0 Å². The Balaban J connectivity index is 1.63. The van der Waals surface area contributed by atoms with E-state index in [1.807, 2.05) is 18.1 Å². The Morgan fingerprint density at radius 1 is 0.794 bits per heavy atom. The molecule has 5 nitrogen and oxygen atoms in total. The number of fused-ring (bicyclic) bond motifs is 3. The van der Waals surface area contributed by atoms with Crippen LogP contribution in [0.5, 0.6) is 0 Å². The molecular weight excluding hydrogens is 460 g/mol. The molecule has 0 unspecified atom stereocenters. The Labute approximate surface area is 188 Å². The van der Waals surface area contributed by atoms with Crippen molar-refractivity contribution in [2.75, 3.05) is 5.32 Å². The SMILES string of the molecule is Cc1ccc2c(c1)c1cc(C(F)(F)F)ccc1n2-c1cccc(Nc2cc(C(F)(F)F)[nH]n2)n1. The van der Waals surface area contributed by atoms with Gasteiger partial charge in [0.05, 0.1) is 16.6 Å². The van der Waals surface area contributed by atoms with E-state index in [9.17, 15) is 26.3 Å². The third-order valence-corrected chi connectivity index (χ3v) is 5.35. The van der Waals surface area contributed by atoms with Crippen molar-refractivity contribution < 1.29 is 26.3 Å². The van der Waals surface area contributed by atoms with E-state index in [0.29, 0.717) is 27.6 Å². The Bertz CT molecular complexity index is 1530. The molecule has 0 aliphatic rings. The molecule has 0 saturated heterocycles. The third kappa shape index (κ3) is 3.82. The maximum Gasteiger partial charge on any atom is 0.432 e. The minimum Gasteiger partial charge on any atom is -0.323 e. The lowest BCUT2D eigenvalue weighted by atomic mass is 10.1. The zero-order valence-corrected chi connectivity index (χ0v) is 17.4. The van der Waals surface area contributed by atoms with E-state index in [4.69, 9.17) is 0 Å². The summed E-state index contributed by atoms with van der Waals surface area (Å²) in [7, 11) is 0. The quantitative estimate of drug-likeness (QED) is 0.277. The minimum atomic E-state index is -4.57. The van der Waals surface area contributed by atoms with E-state index < -0.39 is 23.6 Å². The van der Waals surface area contributed by atoms with Gasteiger partial charge in [-0.25, -0.2) is 4.98 Å². The highest BCUT2D eigenvalue weighted by Crippen LogP contribution is 2.37. The van der Waals surface area contributed by atoms with Crippen LogP contribution in [0.1, 0.15) is 16.8 Å². The van der Waals surface area contributed by atoms with Crippen LogP contribution >= 0.6 is 0 Å². The van der Waals surface area contributed by atoms with E-state index in [2.05, 4.69) is 15.4 Å². The molecule has 0 amide bonds. The van der Waals surface area contributed by atoms with E-state index in [-0.39, 0.29) is 11.6 Å². The van der Waals surface area contributed by atoms with Crippen molar-refractivity contribution in [2.45, 2.75) is 19.3 Å². The lowest BCUT2D eigenvalue weighted by molar-refractivity contribution is -0.141. The number of aromatic amines is 1. The number of nitrogens with zero attached hydrogens (tertiary/aromatic N) is 3. The fourth-order valence-electron chi connectivity index (χ4n) is 3.84. The summed E-state index contributed by atoms with van der Waals surface area (Å²) < 4.78 is 80.3. The number of hydrogen-bond donors (Lipinski definition) is 2. The van der Waals surface area contributed by atoms with Crippen LogP contribution in [0.25, 0.3) is 27.6 Å². The van der Waals surface area contributed by atoms with Gasteiger partial charge in [0.25, 0.3) is 0 Å². The predicted octanol–water partition coefficient (Wildman–Crippen LogP) is 6.99. The summed E-state index contributed by atoms with van der Waals surface area (Å²) in [6, 6.07) is 14.6. The van der Waals surface area contributed by atoms with Crippen molar-refractivity contribution in [1.82, 2.24) is 19.7 Å². The molecule has 3 aromatic heterocycles. The van der Waals surface area contributed by atoms with Crippen molar-refractivity contribution in [3.05, 3.63) is 77.5 Å². The first-order valence-electron chi connectivity index (χ1n) is 10.00. The molecule has 174 valence electrons. The lowest BCUT2D eigenvalue weighted by Crippen LogP contribution is -2.05. The molecule has 0 saturated carbocycles. The van der Waals surface area contributed by atoms with Crippen LogP contribution < -0.4 is 5.32 Å². The highest BCUT2D eigenvalue weighted by Gasteiger charge is 2.33. The number of aryl methyl sites for hydroxylation is 1. The molecule has 0 aliphatic heterocycles. The summed E-state index contributed by atoms with van der Waals surface area (Å²) >= 11 is 0. The summed E-state index contributed by atoms with van der Waals surface area (Å²) in [4.78, 5) is 4.47. The highest BCUT2D eigenvalue weighted by molar-refractivity contribution is 6.09. The Kier molecular flexibility index (Phi) is 4.81. The van der Waals surface area contributed by atoms with E-state index in [1.54, 1.807) is 34.9 Å². The molecule has 0 bridgehead atoms. The number of benzene rings is 2. The molecule has 0 fully saturated rings. The van der Waals surface area contributed by atoms with Gasteiger partial charge in [-0.05, 0) is 49.4 Å². The van der Waals surface area contributed by atoms with E-state index in [0.717, 1.165) is 23.8 Å². The summed E-state index contributed by atoms with van der Waals surface area (Å²) in [6.45, 7) is 1.85. The van der Waals surface area contributed by atoms with E-state index in [1.165, 1.54) is 6.07 Å². The zero-order chi connectivity index (χ0) is 24.3. The average Bonchev–Trinajstić information content (AvgIpc) is 3.35. The number of nitrogens with one attached hydrogen (secondary N) is 2. The monoisotopic (exact) mass is 475 g/mol. The first-order chi connectivity index (χ1) is 16.0.